The number of H-pyrrole nitrogens is 1. The lowest BCUT2D eigenvalue weighted by Gasteiger charge is -2.24. The summed E-state index contributed by atoms with van der Waals surface area (Å²) in [6.07, 6.45) is 4.46. The van der Waals surface area contributed by atoms with Crippen molar-refractivity contribution in [2.24, 2.45) is 9.98 Å². The molecule has 0 saturated carbocycles. The first kappa shape index (κ1) is 17.2. The summed E-state index contributed by atoms with van der Waals surface area (Å²) in [6, 6.07) is 5.54. The van der Waals surface area contributed by atoms with Crippen LogP contribution in [-0.2, 0) is 11.2 Å². The zero-order valence-electron chi connectivity index (χ0n) is 15.0. The van der Waals surface area contributed by atoms with E-state index >= 15 is 0 Å². The second-order valence-corrected chi connectivity index (χ2v) is 6.16. The number of hydrogen-bond donors (Lipinski definition) is 1. The first-order valence-corrected chi connectivity index (χ1v) is 8.75. The fourth-order valence-corrected chi connectivity index (χ4v) is 3.23. The van der Waals surface area contributed by atoms with E-state index in [0.717, 1.165) is 54.1 Å². The van der Waals surface area contributed by atoms with Crippen molar-refractivity contribution in [3.05, 3.63) is 29.3 Å². The van der Waals surface area contributed by atoms with Gasteiger partial charge < -0.3 is 14.6 Å². The number of ether oxygens (including phenoxy) is 1. The molecule has 2 heterocycles. The van der Waals surface area contributed by atoms with E-state index in [9.17, 15) is 4.79 Å². The second kappa shape index (κ2) is 7.51. The average molecular weight is 340 g/mol. The number of aromatic nitrogens is 1. The van der Waals surface area contributed by atoms with Crippen LogP contribution in [0.2, 0.25) is 0 Å². The zero-order chi connectivity index (χ0) is 17.8. The van der Waals surface area contributed by atoms with Crippen LogP contribution in [0.3, 0.4) is 0 Å². The van der Waals surface area contributed by atoms with Crippen molar-refractivity contribution >= 4 is 34.9 Å². The van der Waals surface area contributed by atoms with Gasteiger partial charge in [0.25, 0.3) is 0 Å². The van der Waals surface area contributed by atoms with Crippen LogP contribution in [0.1, 0.15) is 42.6 Å². The smallest absolute Gasteiger partial charge is 0.337 e. The molecule has 0 aliphatic carbocycles. The van der Waals surface area contributed by atoms with Crippen LogP contribution >= 0.6 is 0 Å². The maximum absolute atomic E-state index is 11.9. The Morgan fingerprint density at radius 2 is 2.04 bits per heavy atom. The number of carbonyl (C=O) groups is 1. The largest absolute Gasteiger partial charge is 0.465 e. The second-order valence-electron chi connectivity index (χ2n) is 6.16. The number of nitrogens with zero attached hydrogens (tertiary/aromatic N) is 3. The molecule has 2 aromatic rings. The molecule has 25 heavy (non-hydrogen) atoms. The van der Waals surface area contributed by atoms with E-state index < -0.39 is 0 Å². The molecule has 1 N–H and O–H groups in total. The van der Waals surface area contributed by atoms with Crippen LogP contribution in [-0.4, -0.2) is 48.2 Å². The number of carbonyl (C=O) groups excluding carboxylic acids is 1. The highest BCUT2D eigenvalue weighted by molar-refractivity contribution is 6.02. The predicted molar refractivity (Wildman–Crippen MR) is 101 cm³/mol. The van der Waals surface area contributed by atoms with Gasteiger partial charge in [-0.3, -0.25) is 0 Å². The quantitative estimate of drug-likeness (QED) is 0.844. The molecule has 0 spiro atoms. The molecule has 1 aromatic heterocycles. The van der Waals surface area contributed by atoms with Crippen molar-refractivity contribution in [2.75, 3.05) is 20.2 Å². The number of aliphatic imine (C=N–C) groups is 2. The molecular formula is C19H24N4O2. The van der Waals surface area contributed by atoms with Gasteiger partial charge in [-0.1, -0.05) is 13.8 Å². The van der Waals surface area contributed by atoms with E-state index in [2.05, 4.69) is 33.7 Å². The summed E-state index contributed by atoms with van der Waals surface area (Å²) < 4.78 is 4.84. The van der Waals surface area contributed by atoms with Gasteiger partial charge >= 0.3 is 5.97 Å². The van der Waals surface area contributed by atoms with Gasteiger partial charge in [0.05, 0.1) is 12.7 Å². The van der Waals surface area contributed by atoms with E-state index in [0.29, 0.717) is 12.0 Å². The zero-order valence-corrected chi connectivity index (χ0v) is 15.0. The summed E-state index contributed by atoms with van der Waals surface area (Å²) in [7, 11) is 1.40. The van der Waals surface area contributed by atoms with Gasteiger partial charge in [-0.05, 0) is 31.0 Å². The average Bonchev–Trinajstić information content (AvgIpc) is 2.82. The van der Waals surface area contributed by atoms with Crippen molar-refractivity contribution in [1.29, 1.82) is 0 Å². The summed E-state index contributed by atoms with van der Waals surface area (Å²) >= 11 is 0. The first-order valence-electron chi connectivity index (χ1n) is 8.75. The molecule has 1 aromatic carbocycles. The molecule has 0 atom stereocenters. The topological polar surface area (TPSA) is 70.0 Å². The highest BCUT2D eigenvalue weighted by Gasteiger charge is 2.20. The first-order chi connectivity index (χ1) is 12.2. The van der Waals surface area contributed by atoms with Gasteiger partial charge in [-0.2, -0.15) is 0 Å². The minimum absolute atomic E-state index is 0.332. The molecule has 0 radical (unpaired) electrons. The number of fused-ring (bicyclic) bond motifs is 3. The van der Waals surface area contributed by atoms with Crippen molar-refractivity contribution in [3.63, 3.8) is 0 Å². The summed E-state index contributed by atoms with van der Waals surface area (Å²) in [5.74, 6) is 1.50. The summed E-state index contributed by atoms with van der Waals surface area (Å²) in [5.41, 5.74) is 2.58. The molecule has 0 saturated heterocycles. The van der Waals surface area contributed by atoms with E-state index in [1.807, 2.05) is 12.1 Å². The molecular weight excluding hydrogens is 316 g/mol. The molecule has 6 heteroatoms. The third-order valence-corrected chi connectivity index (χ3v) is 4.39. The Kier molecular flexibility index (Phi) is 5.16. The monoisotopic (exact) mass is 340 g/mol. The van der Waals surface area contributed by atoms with Crippen LogP contribution in [0.5, 0.6) is 0 Å². The Hall–Kier alpha value is -2.63. The van der Waals surface area contributed by atoms with Gasteiger partial charge in [0.15, 0.2) is 0 Å². The molecule has 0 fully saturated rings. The van der Waals surface area contributed by atoms with Gasteiger partial charge in [0.2, 0.25) is 0 Å². The normalized spacial score (nSPS) is 13.3. The third kappa shape index (κ3) is 3.43. The Morgan fingerprint density at radius 1 is 1.28 bits per heavy atom. The summed E-state index contributed by atoms with van der Waals surface area (Å²) in [6.45, 7) is 6.30. The minimum atomic E-state index is -0.332. The Balaban J connectivity index is 2.01. The molecule has 1 aliphatic heterocycles. The number of esters is 1. The van der Waals surface area contributed by atoms with E-state index in [4.69, 9.17) is 4.74 Å². The van der Waals surface area contributed by atoms with Crippen molar-refractivity contribution in [1.82, 2.24) is 9.88 Å². The van der Waals surface area contributed by atoms with Crippen molar-refractivity contribution in [2.45, 2.75) is 33.1 Å². The van der Waals surface area contributed by atoms with E-state index in [1.165, 1.54) is 7.11 Å². The van der Waals surface area contributed by atoms with Crippen LogP contribution in [0.4, 0.5) is 5.82 Å². The number of nitrogens with one attached hydrogen (secondary N) is 1. The Labute approximate surface area is 147 Å². The third-order valence-electron chi connectivity index (χ3n) is 4.39. The maximum atomic E-state index is 11.9. The van der Waals surface area contributed by atoms with Crippen LogP contribution in [0, 0.1) is 0 Å². The van der Waals surface area contributed by atoms with Gasteiger partial charge in [0.1, 0.15) is 18.0 Å². The molecule has 132 valence electrons. The Morgan fingerprint density at radius 3 is 2.72 bits per heavy atom. The summed E-state index contributed by atoms with van der Waals surface area (Å²) in [5, 5.41) is 0.998. The number of rotatable bonds is 5. The number of hydrogen-bond acceptors (Lipinski definition) is 5. The number of methoxy groups -OCH3 is 1. The van der Waals surface area contributed by atoms with Crippen molar-refractivity contribution in [3.8, 4) is 0 Å². The minimum Gasteiger partial charge on any atom is -0.465 e. The number of amidine groups is 1. The molecule has 3 rings (SSSR count). The molecule has 1 aliphatic rings. The SMILES string of the molecule is CCCN(CCC)C1=NC=Nc2[nH]c3ccc(C(=O)OC)cc3c2C1. The van der Waals surface area contributed by atoms with E-state index in [-0.39, 0.29) is 5.97 Å². The molecule has 6 nitrogen and oxygen atoms in total. The molecule has 0 amide bonds. The van der Waals surface area contributed by atoms with Crippen LogP contribution < -0.4 is 0 Å². The predicted octanol–water partition coefficient (Wildman–Crippen LogP) is 3.69. The van der Waals surface area contributed by atoms with Gasteiger partial charge in [-0.15, -0.1) is 0 Å². The number of aromatic amines is 1. The highest BCUT2D eigenvalue weighted by Crippen LogP contribution is 2.31. The van der Waals surface area contributed by atoms with Crippen LogP contribution in [0.15, 0.2) is 28.2 Å². The Bertz CT molecular complexity index is 829. The molecule has 0 unspecified atom stereocenters. The highest BCUT2D eigenvalue weighted by atomic mass is 16.5. The number of benzene rings is 1. The lowest BCUT2D eigenvalue weighted by atomic mass is 10.1. The van der Waals surface area contributed by atoms with Gasteiger partial charge in [-0.25, -0.2) is 14.8 Å². The fourth-order valence-electron chi connectivity index (χ4n) is 3.23. The molecule has 0 bridgehead atoms. The van der Waals surface area contributed by atoms with Gasteiger partial charge in [0, 0.05) is 36.0 Å². The summed E-state index contributed by atoms with van der Waals surface area (Å²) in [4.78, 5) is 26.5. The lowest BCUT2D eigenvalue weighted by Crippen LogP contribution is -2.33. The standard InChI is InChI=1S/C19H24N4O2/c1-4-8-23(9-5-2)17-11-15-14-10-13(19(24)25-3)6-7-16(14)22-18(15)21-12-20-17/h6-7,10,12,22H,4-5,8-9,11H2,1-3H3. The van der Waals surface area contributed by atoms with Crippen molar-refractivity contribution < 1.29 is 9.53 Å². The fraction of sp³-hybridized carbons (Fsp3) is 0.421. The van der Waals surface area contributed by atoms with E-state index in [1.54, 1.807) is 12.4 Å². The lowest BCUT2D eigenvalue weighted by molar-refractivity contribution is 0.0601. The van der Waals surface area contributed by atoms with Crippen LogP contribution in [0.25, 0.3) is 10.9 Å². The maximum Gasteiger partial charge on any atom is 0.337 e.